The van der Waals surface area contributed by atoms with Gasteiger partial charge in [-0.25, -0.2) is 0 Å². The molecule has 1 heterocycles. The molecule has 1 aromatic heterocycles. The van der Waals surface area contributed by atoms with Gasteiger partial charge in [-0.05, 0) is 81.2 Å². The Morgan fingerprint density at radius 1 is 1.18 bits per heavy atom. The zero-order valence-corrected chi connectivity index (χ0v) is 14.4. The normalized spacial score (nSPS) is 15.8. The fourth-order valence-electron chi connectivity index (χ4n) is 3.68. The third-order valence-electron chi connectivity index (χ3n) is 5.06. The molecule has 118 valence electrons. The first-order chi connectivity index (χ1) is 10.6. The lowest BCUT2D eigenvalue weighted by Gasteiger charge is -2.23. The van der Waals surface area contributed by atoms with Crippen molar-refractivity contribution in [2.75, 3.05) is 0 Å². The predicted octanol–water partition coefficient (Wildman–Crippen LogP) is 4.62. The SMILES string of the molecule is CCC(C)NCc1c2c(nc3cc(C)cc(C)c13)CCCC2. The molecule has 1 aliphatic rings. The summed E-state index contributed by atoms with van der Waals surface area (Å²) in [4.78, 5) is 5.02. The third-order valence-corrected chi connectivity index (χ3v) is 5.06. The summed E-state index contributed by atoms with van der Waals surface area (Å²) in [7, 11) is 0. The number of fused-ring (bicyclic) bond motifs is 2. The Labute approximate surface area is 134 Å². The highest BCUT2D eigenvalue weighted by Gasteiger charge is 2.19. The first-order valence-corrected chi connectivity index (χ1v) is 8.75. The number of hydrogen-bond donors (Lipinski definition) is 1. The Bertz CT molecular complexity index is 688. The van der Waals surface area contributed by atoms with Crippen LogP contribution in [0, 0.1) is 13.8 Å². The van der Waals surface area contributed by atoms with Crippen LogP contribution in [0.3, 0.4) is 0 Å². The number of nitrogens with one attached hydrogen (secondary N) is 1. The maximum absolute atomic E-state index is 5.02. The number of aryl methyl sites for hydroxylation is 3. The summed E-state index contributed by atoms with van der Waals surface area (Å²) in [6.45, 7) is 9.89. The molecule has 2 heteroatoms. The van der Waals surface area contributed by atoms with Crippen molar-refractivity contribution in [3.63, 3.8) is 0 Å². The highest BCUT2D eigenvalue weighted by molar-refractivity contribution is 5.87. The van der Waals surface area contributed by atoms with Gasteiger partial charge < -0.3 is 5.32 Å². The number of pyridine rings is 1. The van der Waals surface area contributed by atoms with Crippen LogP contribution < -0.4 is 5.32 Å². The van der Waals surface area contributed by atoms with E-state index in [1.54, 1.807) is 0 Å². The summed E-state index contributed by atoms with van der Waals surface area (Å²) in [5.41, 5.74) is 8.27. The van der Waals surface area contributed by atoms with Gasteiger partial charge in [0.1, 0.15) is 0 Å². The van der Waals surface area contributed by atoms with Crippen molar-refractivity contribution in [3.05, 3.63) is 40.1 Å². The second-order valence-corrected chi connectivity index (χ2v) is 6.89. The minimum Gasteiger partial charge on any atom is -0.310 e. The largest absolute Gasteiger partial charge is 0.310 e. The summed E-state index contributed by atoms with van der Waals surface area (Å²) in [6, 6.07) is 5.11. The van der Waals surface area contributed by atoms with Crippen LogP contribution in [0.2, 0.25) is 0 Å². The molecule has 3 rings (SSSR count). The minimum atomic E-state index is 0.563. The van der Waals surface area contributed by atoms with Crippen molar-refractivity contribution in [2.24, 2.45) is 0 Å². The van der Waals surface area contributed by atoms with E-state index < -0.39 is 0 Å². The van der Waals surface area contributed by atoms with Crippen LogP contribution in [0.1, 0.15) is 61.1 Å². The van der Waals surface area contributed by atoms with E-state index in [9.17, 15) is 0 Å². The zero-order chi connectivity index (χ0) is 15.7. The standard InChI is InChI=1S/C20H28N2/c1-5-15(4)21-12-17-16-8-6-7-9-18(16)22-19-11-13(2)10-14(3)20(17)19/h10-11,15,21H,5-9,12H2,1-4H3. The van der Waals surface area contributed by atoms with Gasteiger partial charge in [0, 0.05) is 23.7 Å². The van der Waals surface area contributed by atoms with Crippen LogP contribution in [-0.4, -0.2) is 11.0 Å². The average Bonchev–Trinajstić information content (AvgIpc) is 2.50. The first kappa shape index (κ1) is 15.5. The van der Waals surface area contributed by atoms with Crippen LogP contribution in [0.5, 0.6) is 0 Å². The van der Waals surface area contributed by atoms with Crippen LogP contribution >= 0.6 is 0 Å². The van der Waals surface area contributed by atoms with Crippen molar-refractivity contribution in [1.29, 1.82) is 0 Å². The van der Waals surface area contributed by atoms with Crippen molar-refractivity contribution in [1.82, 2.24) is 10.3 Å². The second-order valence-electron chi connectivity index (χ2n) is 6.89. The molecule has 1 N–H and O–H groups in total. The van der Waals surface area contributed by atoms with Gasteiger partial charge in [0.05, 0.1) is 5.52 Å². The molecule has 2 nitrogen and oxygen atoms in total. The minimum absolute atomic E-state index is 0.563. The van der Waals surface area contributed by atoms with E-state index in [0.29, 0.717) is 6.04 Å². The van der Waals surface area contributed by atoms with E-state index in [0.717, 1.165) is 13.0 Å². The van der Waals surface area contributed by atoms with E-state index in [1.807, 2.05) is 0 Å². The molecule has 1 atom stereocenters. The molecule has 1 aromatic carbocycles. The van der Waals surface area contributed by atoms with Crippen molar-refractivity contribution < 1.29 is 0 Å². The Kier molecular flexibility index (Phi) is 4.49. The molecule has 0 bridgehead atoms. The monoisotopic (exact) mass is 296 g/mol. The van der Waals surface area contributed by atoms with E-state index in [1.165, 1.54) is 64.5 Å². The maximum Gasteiger partial charge on any atom is 0.0714 e. The quantitative estimate of drug-likeness (QED) is 0.890. The number of rotatable bonds is 4. The Hall–Kier alpha value is -1.41. The highest BCUT2D eigenvalue weighted by Crippen LogP contribution is 2.31. The van der Waals surface area contributed by atoms with E-state index in [-0.39, 0.29) is 0 Å². The Morgan fingerprint density at radius 3 is 2.73 bits per heavy atom. The van der Waals surface area contributed by atoms with Gasteiger partial charge in [-0.1, -0.05) is 13.0 Å². The molecule has 1 unspecified atom stereocenters. The van der Waals surface area contributed by atoms with E-state index in [4.69, 9.17) is 4.98 Å². The summed E-state index contributed by atoms with van der Waals surface area (Å²) < 4.78 is 0. The average molecular weight is 296 g/mol. The van der Waals surface area contributed by atoms with Crippen LogP contribution in [-0.2, 0) is 19.4 Å². The topological polar surface area (TPSA) is 24.9 Å². The fraction of sp³-hybridized carbons (Fsp3) is 0.550. The van der Waals surface area contributed by atoms with Gasteiger partial charge in [-0.3, -0.25) is 4.98 Å². The van der Waals surface area contributed by atoms with Gasteiger partial charge in [0.2, 0.25) is 0 Å². The molecule has 22 heavy (non-hydrogen) atoms. The van der Waals surface area contributed by atoms with Gasteiger partial charge in [-0.15, -0.1) is 0 Å². The van der Waals surface area contributed by atoms with E-state index in [2.05, 4.69) is 45.1 Å². The molecule has 0 saturated carbocycles. The molecule has 0 spiro atoms. The Balaban J connectivity index is 2.16. The first-order valence-electron chi connectivity index (χ1n) is 8.75. The lowest BCUT2D eigenvalue weighted by Crippen LogP contribution is -2.26. The van der Waals surface area contributed by atoms with Crippen LogP contribution in [0.15, 0.2) is 12.1 Å². The lowest BCUT2D eigenvalue weighted by molar-refractivity contribution is 0.531. The Morgan fingerprint density at radius 2 is 1.95 bits per heavy atom. The molecule has 0 saturated heterocycles. The molecule has 0 radical (unpaired) electrons. The highest BCUT2D eigenvalue weighted by atomic mass is 14.9. The molecule has 0 fully saturated rings. The second kappa shape index (κ2) is 6.37. The summed E-state index contributed by atoms with van der Waals surface area (Å²) in [6.07, 6.45) is 6.11. The molecular formula is C20H28N2. The van der Waals surface area contributed by atoms with Gasteiger partial charge in [0.15, 0.2) is 0 Å². The number of hydrogen-bond acceptors (Lipinski definition) is 2. The maximum atomic E-state index is 5.02. The van der Waals surface area contributed by atoms with Gasteiger partial charge >= 0.3 is 0 Å². The summed E-state index contributed by atoms with van der Waals surface area (Å²) >= 11 is 0. The fourth-order valence-corrected chi connectivity index (χ4v) is 3.68. The van der Waals surface area contributed by atoms with E-state index >= 15 is 0 Å². The molecule has 0 amide bonds. The molecular weight excluding hydrogens is 268 g/mol. The van der Waals surface area contributed by atoms with Gasteiger partial charge in [-0.2, -0.15) is 0 Å². The summed E-state index contributed by atoms with van der Waals surface area (Å²) in [5, 5.41) is 5.10. The summed E-state index contributed by atoms with van der Waals surface area (Å²) in [5.74, 6) is 0. The van der Waals surface area contributed by atoms with Crippen molar-refractivity contribution in [2.45, 2.75) is 72.4 Å². The third kappa shape index (κ3) is 2.89. The molecule has 0 aliphatic heterocycles. The zero-order valence-electron chi connectivity index (χ0n) is 14.4. The van der Waals surface area contributed by atoms with Crippen molar-refractivity contribution in [3.8, 4) is 0 Å². The van der Waals surface area contributed by atoms with Crippen LogP contribution in [0.25, 0.3) is 10.9 Å². The molecule has 2 aromatic rings. The molecule has 1 aliphatic carbocycles. The number of aromatic nitrogens is 1. The number of benzene rings is 1. The number of nitrogens with zero attached hydrogens (tertiary/aromatic N) is 1. The lowest BCUT2D eigenvalue weighted by atomic mass is 9.88. The smallest absolute Gasteiger partial charge is 0.0714 e. The van der Waals surface area contributed by atoms with Crippen LogP contribution in [0.4, 0.5) is 0 Å². The van der Waals surface area contributed by atoms with Gasteiger partial charge in [0.25, 0.3) is 0 Å². The predicted molar refractivity (Wildman–Crippen MR) is 94.5 cm³/mol. The van der Waals surface area contributed by atoms with Crippen molar-refractivity contribution >= 4 is 10.9 Å².